The van der Waals surface area contributed by atoms with Crippen molar-refractivity contribution in [2.45, 2.75) is 144 Å². The molecule has 372 valence electrons. The van der Waals surface area contributed by atoms with E-state index in [9.17, 15) is 52.6 Å². The number of nitrogens with one attached hydrogen (secondary N) is 2. The summed E-state index contributed by atoms with van der Waals surface area (Å²) in [5.74, 6) is -2.55. The number of anilines is 1. The monoisotopic (exact) mass is 984 g/mol. The van der Waals surface area contributed by atoms with E-state index in [2.05, 4.69) is 10.6 Å². The summed E-state index contributed by atoms with van der Waals surface area (Å²) >= 11 is 1.45. The van der Waals surface area contributed by atoms with Crippen molar-refractivity contribution in [1.29, 1.82) is 0 Å². The number of rotatable bonds is 31. The molecule has 0 spiro atoms. The molecule has 0 radical (unpaired) electrons. The number of carbonyl (C=O) groups is 4. The standard InChI is InChI=1S/C48H64N4O14S2/c53-41(49-26-15-12-14-18-46(58)59)17-13-10-8-6-4-2-1-3-5-7-9-11-16-28-67-40-31-45(57)51(47(40)60)27-25-42(54)50-33-19-21-35-36-22-20-34(68(62,63)64)30-38(36)39(37(35)29-33)32-65-48(61)66-52-43(55)23-24-44(52)56/h19-24,29-31,39,55-57,60H,1-18,25-28,32H2,(H,49,53)(H,50,54)(H,58,59)(H,62,63,64). The van der Waals surface area contributed by atoms with Gasteiger partial charge in [0.05, 0.1) is 9.79 Å². The van der Waals surface area contributed by atoms with E-state index in [1.54, 1.807) is 18.2 Å². The molecule has 2 aromatic heterocycles. The van der Waals surface area contributed by atoms with Gasteiger partial charge in [-0.3, -0.25) is 28.3 Å². The van der Waals surface area contributed by atoms with E-state index in [-0.39, 0.29) is 48.6 Å². The number of amides is 2. The molecule has 1 aliphatic carbocycles. The van der Waals surface area contributed by atoms with Gasteiger partial charge in [-0.1, -0.05) is 89.2 Å². The van der Waals surface area contributed by atoms with Gasteiger partial charge < -0.3 is 40.9 Å². The topological polar surface area (TPSA) is 276 Å². The lowest BCUT2D eigenvalue weighted by Crippen LogP contribution is -2.23. The Bertz CT molecular complexity index is 2410. The molecule has 0 saturated heterocycles. The molecule has 2 heterocycles. The molecule has 0 saturated carbocycles. The molecule has 0 bridgehead atoms. The SMILES string of the molecule is O=C(O)CCCCCNC(=O)CCCCCCCCCCCCCCCSc1cc(O)n(CCC(=O)Nc2ccc3c(c2)C(COC(=O)On2c(O)ccc2O)c2cc(S(=O)(=O)O)ccc2-3)c1O. The van der Waals surface area contributed by atoms with Crippen LogP contribution in [-0.2, 0) is 35.8 Å². The van der Waals surface area contributed by atoms with E-state index in [0.717, 1.165) is 69.3 Å². The summed E-state index contributed by atoms with van der Waals surface area (Å²) in [6, 6.07) is 12.7. The number of aromatic nitrogens is 2. The Hall–Kier alpha value is -5.86. The average molecular weight is 985 g/mol. The molecule has 0 fully saturated rings. The van der Waals surface area contributed by atoms with Gasteiger partial charge in [0.1, 0.15) is 6.61 Å². The fourth-order valence-corrected chi connectivity index (χ4v) is 9.69. The summed E-state index contributed by atoms with van der Waals surface area (Å²) in [6.45, 7) is 0.217. The summed E-state index contributed by atoms with van der Waals surface area (Å²) in [5, 5.41) is 55.5. The van der Waals surface area contributed by atoms with E-state index >= 15 is 0 Å². The second kappa shape index (κ2) is 26.6. The van der Waals surface area contributed by atoms with Gasteiger partial charge in [0.2, 0.25) is 29.5 Å². The van der Waals surface area contributed by atoms with Gasteiger partial charge in [0, 0.05) is 62.2 Å². The van der Waals surface area contributed by atoms with Crippen LogP contribution in [0, 0.1) is 0 Å². The first-order valence-corrected chi connectivity index (χ1v) is 25.8. The van der Waals surface area contributed by atoms with Crippen LogP contribution < -0.4 is 15.5 Å². The smallest absolute Gasteiger partial charge is 0.494 e. The van der Waals surface area contributed by atoms with E-state index in [1.165, 1.54) is 85.5 Å². The van der Waals surface area contributed by atoms with E-state index < -0.39 is 45.8 Å². The molecule has 4 aromatic rings. The first kappa shape index (κ1) is 53.1. The van der Waals surface area contributed by atoms with Crippen LogP contribution in [0.15, 0.2) is 64.4 Å². The molecule has 2 amide bonds. The minimum absolute atomic E-state index is 0.00812. The number of hydrogen-bond acceptors (Lipinski definition) is 13. The third-order valence-corrected chi connectivity index (χ3v) is 13.8. The van der Waals surface area contributed by atoms with E-state index in [4.69, 9.17) is 14.7 Å². The highest BCUT2D eigenvalue weighted by molar-refractivity contribution is 7.99. The van der Waals surface area contributed by atoms with Crippen LogP contribution in [0.4, 0.5) is 10.5 Å². The van der Waals surface area contributed by atoms with Crippen LogP contribution in [0.5, 0.6) is 23.5 Å². The summed E-state index contributed by atoms with van der Waals surface area (Å²) in [4.78, 5) is 53.2. The number of thioether (sulfide) groups is 1. The number of hydrogen-bond donors (Lipinski definition) is 8. The number of aromatic hydroxyl groups is 4. The predicted octanol–water partition coefficient (Wildman–Crippen LogP) is 9.08. The quantitative estimate of drug-likeness (QED) is 0.0101. The lowest BCUT2D eigenvalue weighted by atomic mass is 9.97. The summed E-state index contributed by atoms with van der Waals surface area (Å²) < 4.78 is 40.8. The van der Waals surface area contributed by atoms with Gasteiger partial charge in [0.15, 0.2) is 5.88 Å². The second-order valence-corrected chi connectivity index (χ2v) is 19.5. The Kier molecular flexibility index (Phi) is 20.8. The van der Waals surface area contributed by atoms with Crippen LogP contribution in [0.2, 0.25) is 0 Å². The fourth-order valence-electron chi connectivity index (χ4n) is 8.18. The van der Waals surface area contributed by atoms with Gasteiger partial charge in [-0.05, 0) is 78.0 Å². The van der Waals surface area contributed by atoms with Crippen molar-refractivity contribution < 1.29 is 67.3 Å². The van der Waals surface area contributed by atoms with Crippen molar-refractivity contribution in [1.82, 2.24) is 14.6 Å². The highest BCUT2D eigenvalue weighted by atomic mass is 32.2. The van der Waals surface area contributed by atoms with Crippen LogP contribution in [-0.4, -0.2) is 90.6 Å². The predicted molar refractivity (Wildman–Crippen MR) is 255 cm³/mol. The number of nitrogens with zero attached hydrogens (tertiary/aromatic N) is 2. The van der Waals surface area contributed by atoms with Crippen molar-refractivity contribution in [3.8, 4) is 34.6 Å². The molecule has 8 N–H and O–H groups in total. The Morgan fingerprint density at radius 1 is 0.647 bits per heavy atom. The zero-order valence-electron chi connectivity index (χ0n) is 38.2. The maximum absolute atomic E-state index is 13.2. The first-order chi connectivity index (χ1) is 32.6. The van der Waals surface area contributed by atoms with Gasteiger partial charge in [-0.2, -0.15) is 8.42 Å². The van der Waals surface area contributed by atoms with Crippen LogP contribution in [0.1, 0.15) is 139 Å². The normalized spacial score (nSPS) is 12.9. The number of fused-ring (bicyclic) bond motifs is 3. The van der Waals surface area contributed by atoms with Gasteiger partial charge in [0.25, 0.3) is 10.1 Å². The average Bonchev–Trinajstić information content (AvgIpc) is 3.88. The zero-order valence-corrected chi connectivity index (χ0v) is 39.8. The van der Waals surface area contributed by atoms with Crippen LogP contribution in [0.25, 0.3) is 11.1 Å². The van der Waals surface area contributed by atoms with Crippen molar-refractivity contribution in [3.05, 3.63) is 65.7 Å². The Morgan fingerprint density at radius 2 is 1.22 bits per heavy atom. The maximum Gasteiger partial charge on any atom is 0.534 e. The molecule has 2 aromatic carbocycles. The van der Waals surface area contributed by atoms with Crippen molar-refractivity contribution >= 4 is 51.5 Å². The largest absolute Gasteiger partial charge is 0.534 e. The molecule has 1 unspecified atom stereocenters. The van der Waals surface area contributed by atoms with E-state index in [1.807, 2.05) is 0 Å². The second-order valence-electron chi connectivity index (χ2n) is 17.0. The molecule has 18 nitrogen and oxygen atoms in total. The van der Waals surface area contributed by atoms with Crippen molar-refractivity contribution in [3.63, 3.8) is 0 Å². The highest BCUT2D eigenvalue weighted by Gasteiger charge is 2.32. The summed E-state index contributed by atoms with van der Waals surface area (Å²) in [7, 11) is -4.59. The van der Waals surface area contributed by atoms with Crippen molar-refractivity contribution in [2.75, 3.05) is 24.2 Å². The number of carbonyl (C=O) groups excluding carboxylic acids is 3. The lowest BCUT2D eigenvalue weighted by Gasteiger charge is -2.16. The maximum atomic E-state index is 13.2. The number of aliphatic carboxylic acids is 1. The number of carboxylic acids is 1. The minimum atomic E-state index is -4.59. The molecule has 1 aliphatic rings. The van der Waals surface area contributed by atoms with Gasteiger partial charge in [-0.25, -0.2) is 4.79 Å². The van der Waals surface area contributed by atoms with Crippen molar-refractivity contribution in [2.24, 2.45) is 0 Å². The van der Waals surface area contributed by atoms with Crippen LogP contribution >= 0.6 is 11.8 Å². The molecular weight excluding hydrogens is 921 g/mol. The Labute approximate surface area is 400 Å². The van der Waals surface area contributed by atoms with E-state index in [0.29, 0.717) is 57.0 Å². The minimum Gasteiger partial charge on any atom is -0.494 e. The molecule has 0 aliphatic heterocycles. The number of carboxylic acid groups (broad SMARTS) is 1. The molecule has 20 heteroatoms. The number of benzene rings is 2. The number of ether oxygens (including phenoxy) is 1. The summed E-state index contributed by atoms with van der Waals surface area (Å²) in [6.07, 6.45) is 16.4. The molecule has 68 heavy (non-hydrogen) atoms. The zero-order chi connectivity index (χ0) is 49.1. The Morgan fingerprint density at radius 3 is 1.85 bits per heavy atom. The number of unbranched alkanes of at least 4 members (excludes halogenated alkanes) is 14. The third-order valence-electron chi connectivity index (χ3n) is 11.8. The molecule has 5 rings (SSSR count). The highest BCUT2D eigenvalue weighted by Crippen LogP contribution is 2.47. The third kappa shape index (κ3) is 16.4. The molecule has 1 atom stereocenters. The summed E-state index contributed by atoms with van der Waals surface area (Å²) in [5.41, 5.74) is 2.58. The fraction of sp³-hybridized carbons (Fsp3) is 0.500. The van der Waals surface area contributed by atoms with Gasteiger partial charge >= 0.3 is 12.1 Å². The first-order valence-electron chi connectivity index (χ1n) is 23.4. The van der Waals surface area contributed by atoms with Gasteiger partial charge in [-0.15, -0.1) is 16.5 Å². The lowest BCUT2D eigenvalue weighted by molar-refractivity contribution is -0.137. The Balaban J connectivity index is 0.958. The molecular formula is C48H64N4O14S2. The van der Waals surface area contributed by atoms with Crippen LogP contribution in [0.3, 0.4) is 0 Å².